The van der Waals surface area contributed by atoms with Crippen LogP contribution in [0.3, 0.4) is 0 Å². The lowest BCUT2D eigenvalue weighted by atomic mass is 10.1. The maximum Gasteiger partial charge on any atom is 0.256 e. The van der Waals surface area contributed by atoms with E-state index in [0.717, 1.165) is 0 Å². The number of nitrogens with one attached hydrogen (secondary N) is 2. The second-order valence-electron chi connectivity index (χ2n) is 4.50. The average Bonchev–Trinajstić information content (AvgIpc) is 2.50. The number of halogens is 1. The first-order valence-electron chi connectivity index (χ1n) is 6.19. The minimum atomic E-state index is -0.508. The first-order valence-corrected chi connectivity index (χ1v) is 6.56. The van der Waals surface area contributed by atoms with Crippen molar-refractivity contribution in [1.82, 2.24) is 10.3 Å². The van der Waals surface area contributed by atoms with Crippen molar-refractivity contribution in [3.8, 4) is 11.5 Å². The van der Waals surface area contributed by atoms with Crippen LogP contribution < -0.4 is 15.4 Å². The van der Waals surface area contributed by atoms with E-state index in [2.05, 4.69) is 15.6 Å². The molecule has 0 aliphatic carbocycles. The number of carbonyl (C=O) groups is 1. The summed E-state index contributed by atoms with van der Waals surface area (Å²) in [4.78, 5) is 16.2. The van der Waals surface area contributed by atoms with E-state index in [4.69, 9.17) is 16.3 Å². The second-order valence-corrected chi connectivity index (χ2v) is 4.91. The Labute approximate surface area is 125 Å². The topological polar surface area (TPSA) is 83.5 Å². The lowest BCUT2D eigenvalue weighted by Gasteiger charge is -2.27. The molecule has 0 spiro atoms. The van der Waals surface area contributed by atoms with Crippen molar-refractivity contribution < 1.29 is 14.6 Å². The van der Waals surface area contributed by atoms with Crippen molar-refractivity contribution in [2.75, 3.05) is 12.4 Å². The molecule has 21 heavy (non-hydrogen) atoms. The Morgan fingerprint density at radius 2 is 2.19 bits per heavy atom. The van der Waals surface area contributed by atoms with Crippen LogP contribution in [0.1, 0.15) is 22.1 Å². The predicted molar refractivity (Wildman–Crippen MR) is 77.7 cm³/mol. The lowest BCUT2D eigenvalue weighted by molar-refractivity contribution is 0.0935. The highest BCUT2D eigenvalue weighted by molar-refractivity contribution is 6.32. The summed E-state index contributed by atoms with van der Waals surface area (Å²) in [5, 5.41) is 15.8. The molecule has 1 aromatic heterocycles. The summed E-state index contributed by atoms with van der Waals surface area (Å²) in [6, 6.07) is 6.55. The normalized spacial score (nSPS) is 16.7. The van der Waals surface area contributed by atoms with E-state index in [9.17, 15) is 9.90 Å². The maximum atomic E-state index is 12.1. The number of aromatic nitrogens is 1. The van der Waals surface area contributed by atoms with E-state index in [1.54, 1.807) is 30.5 Å². The second kappa shape index (κ2) is 5.14. The molecule has 1 atom stereocenters. The summed E-state index contributed by atoms with van der Waals surface area (Å²) in [5.74, 6) is 0.364. The monoisotopic (exact) mass is 305 g/mol. The smallest absolute Gasteiger partial charge is 0.256 e. The molecule has 1 aliphatic rings. The number of aromatic hydroxyl groups is 1. The molecular formula is C14H12ClN3O3. The van der Waals surface area contributed by atoms with Crippen LogP contribution in [0.5, 0.6) is 11.5 Å². The lowest BCUT2D eigenvalue weighted by Crippen LogP contribution is -2.38. The third kappa shape index (κ3) is 2.34. The van der Waals surface area contributed by atoms with Crippen LogP contribution in [-0.4, -0.2) is 23.1 Å². The number of fused-ring (bicyclic) bond motifs is 1. The van der Waals surface area contributed by atoms with Gasteiger partial charge in [-0.3, -0.25) is 4.79 Å². The fourth-order valence-electron chi connectivity index (χ4n) is 2.17. The number of phenolic OH excluding ortho intramolecular Hbond substituents is 1. The van der Waals surface area contributed by atoms with Crippen molar-refractivity contribution >= 4 is 23.3 Å². The van der Waals surface area contributed by atoms with Crippen LogP contribution in [0.15, 0.2) is 30.5 Å². The molecule has 0 radical (unpaired) electrons. The molecule has 1 aliphatic heterocycles. The highest BCUT2D eigenvalue weighted by atomic mass is 35.5. The molecule has 1 aromatic carbocycles. The molecule has 1 unspecified atom stereocenters. The summed E-state index contributed by atoms with van der Waals surface area (Å²) in [6.45, 7) is 0. The summed E-state index contributed by atoms with van der Waals surface area (Å²) in [5.41, 5.74) is 1.13. The van der Waals surface area contributed by atoms with Gasteiger partial charge in [0.2, 0.25) is 0 Å². The number of amides is 1. The van der Waals surface area contributed by atoms with Gasteiger partial charge in [0.15, 0.2) is 11.5 Å². The van der Waals surface area contributed by atoms with Gasteiger partial charge in [0.05, 0.1) is 17.7 Å². The quantitative estimate of drug-likeness (QED) is 0.793. The number of hydrogen-bond donors (Lipinski definition) is 3. The standard InChI is InChI=1S/C14H12ClN3O3/c1-21-10-6-7(5-9(15)11(10)19)12-17-13-8(14(20)18-12)3-2-4-16-13/h2-6,12,19H,1H3,(H,16,17)(H,18,20). The molecule has 3 N–H and O–H groups in total. The first-order chi connectivity index (χ1) is 10.1. The van der Waals surface area contributed by atoms with E-state index in [-0.39, 0.29) is 22.4 Å². The average molecular weight is 306 g/mol. The Kier molecular flexibility index (Phi) is 3.31. The number of methoxy groups -OCH3 is 1. The Balaban J connectivity index is 2.00. The molecule has 7 heteroatoms. The van der Waals surface area contributed by atoms with E-state index in [1.165, 1.54) is 7.11 Å². The fourth-order valence-corrected chi connectivity index (χ4v) is 2.39. The molecule has 2 heterocycles. The SMILES string of the molecule is COc1cc(C2NC(=O)c3cccnc3N2)cc(Cl)c1O. The van der Waals surface area contributed by atoms with E-state index < -0.39 is 6.17 Å². The number of nitrogens with zero attached hydrogens (tertiary/aromatic N) is 1. The molecule has 0 bridgehead atoms. The molecule has 2 aromatic rings. The third-order valence-corrected chi connectivity index (χ3v) is 3.50. The Morgan fingerprint density at radius 3 is 2.95 bits per heavy atom. The van der Waals surface area contributed by atoms with Gasteiger partial charge in [0, 0.05) is 6.20 Å². The van der Waals surface area contributed by atoms with Crippen LogP contribution in [0.25, 0.3) is 0 Å². The molecule has 3 rings (SSSR count). The predicted octanol–water partition coefficient (Wildman–Crippen LogP) is 2.30. The van der Waals surface area contributed by atoms with Crippen molar-refractivity contribution in [1.29, 1.82) is 0 Å². The van der Waals surface area contributed by atoms with Gasteiger partial charge in [-0.05, 0) is 29.8 Å². The van der Waals surface area contributed by atoms with Crippen LogP contribution in [0.2, 0.25) is 5.02 Å². The van der Waals surface area contributed by atoms with Crippen molar-refractivity contribution in [2.24, 2.45) is 0 Å². The number of anilines is 1. The van der Waals surface area contributed by atoms with Crippen molar-refractivity contribution in [3.63, 3.8) is 0 Å². The number of pyridine rings is 1. The van der Waals surface area contributed by atoms with Crippen molar-refractivity contribution in [3.05, 3.63) is 46.6 Å². The number of carbonyl (C=O) groups excluding carboxylic acids is 1. The number of rotatable bonds is 2. The Bertz CT molecular complexity index is 721. The minimum Gasteiger partial charge on any atom is -0.503 e. The summed E-state index contributed by atoms with van der Waals surface area (Å²) in [6.07, 6.45) is 1.10. The van der Waals surface area contributed by atoms with E-state index in [1.807, 2.05) is 0 Å². The summed E-state index contributed by atoms with van der Waals surface area (Å²) < 4.78 is 5.06. The van der Waals surface area contributed by atoms with Gasteiger partial charge in [-0.2, -0.15) is 0 Å². The number of ether oxygens (including phenoxy) is 1. The van der Waals surface area contributed by atoms with Crippen LogP contribution in [0.4, 0.5) is 5.82 Å². The zero-order valence-corrected chi connectivity index (χ0v) is 11.8. The van der Waals surface area contributed by atoms with Crippen molar-refractivity contribution in [2.45, 2.75) is 6.17 Å². The number of phenols is 1. The zero-order chi connectivity index (χ0) is 15.0. The van der Waals surface area contributed by atoms with E-state index >= 15 is 0 Å². The zero-order valence-electron chi connectivity index (χ0n) is 11.1. The molecular weight excluding hydrogens is 294 g/mol. The summed E-state index contributed by atoms with van der Waals surface area (Å²) in [7, 11) is 1.43. The largest absolute Gasteiger partial charge is 0.503 e. The minimum absolute atomic E-state index is 0.136. The summed E-state index contributed by atoms with van der Waals surface area (Å²) >= 11 is 5.97. The highest BCUT2D eigenvalue weighted by Crippen LogP contribution is 2.37. The van der Waals surface area contributed by atoms with Gasteiger partial charge < -0.3 is 20.5 Å². The highest BCUT2D eigenvalue weighted by Gasteiger charge is 2.26. The number of hydrogen-bond acceptors (Lipinski definition) is 5. The Morgan fingerprint density at radius 1 is 1.38 bits per heavy atom. The van der Waals surface area contributed by atoms with Gasteiger partial charge in [-0.15, -0.1) is 0 Å². The van der Waals surface area contributed by atoms with Crippen LogP contribution in [-0.2, 0) is 0 Å². The Hall–Kier alpha value is -2.47. The molecule has 0 saturated carbocycles. The molecule has 1 amide bonds. The van der Waals surface area contributed by atoms with E-state index in [0.29, 0.717) is 16.9 Å². The van der Waals surface area contributed by atoms with Gasteiger partial charge in [-0.25, -0.2) is 4.98 Å². The fraction of sp³-hybridized carbons (Fsp3) is 0.143. The molecule has 0 saturated heterocycles. The molecule has 6 nitrogen and oxygen atoms in total. The van der Waals surface area contributed by atoms with Gasteiger partial charge in [0.25, 0.3) is 5.91 Å². The molecule has 108 valence electrons. The number of benzene rings is 1. The van der Waals surface area contributed by atoms with Gasteiger partial charge in [0.1, 0.15) is 12.0 Å². The third-order valence-electron chi connectivity index (χ3n) is 3.21. The maximum absolute atomic E-state index is 12.1. The molecule has 0 fully saturated rings. The van der Waals surface area contributed by atoms with Gasteiger partial charge >= 0.3 is 0 Å². The first kappa shape index (κ1) is 13.5. The van der Waals surface area contributed by atoms with Gasteiger partial charge in [-0.1, -0.05) is 11.6 Å². The van der Waals surface area contributed by atoms with Crippen LogP contribution >= 0.6 is 11.6 Å². The van der Waals surface area contributed by atoms with Crippen LogP contribution in [0, 0.1) is 0 Å².